The standard InChI is InChI=1S/C17H28FN3S.ClH/c1-20(10-14-4-6-19-7-5-14)12-16-9-15(18)11-21(16)13-17-3-2-8-22-17;/h2-3,8,14-16,19H,4-7,9-13H2,1H3;1H/t15-,16-;/m0./s1. The first-order valence-electron chi connectivity index (χ1n) is 8.50. The van der Waals surface area contributed by atoms with Gasteiger partial charge in [0, 0.05) is 37.1 Å². The number of alkyl halides is 1. The highest BCUT2D eigenvalue weighted by atomic mass is 35.5. The first-order chi connectivity index (χ1) is 10.7. The molecule has 23 heavy (non-hydrogen) atoms. The quantitative estimate of drug-likeness (QED) is 0.840. The van der Waals surface area contributed by atoms with Crippen LogP contribution >= 0.6 is 23.7 Å². The van der Waals surface area contributed by atoms with Crippen LogP contribution in [-0.4, -0.2) is 61.8 Å². The lowest BCUT2D eigenvalue weighted by atomic mass is 9.97. The van der Waals surface area contributed by atoms with Crippen LogP contribution in [0.5, 0.6) is 0 Å². The maximum atomic E-state index is 13.9. The number of halogens is 2. The van der Waals surface area contributed by atoms with Crippen LogP contribution in [0.1, 0.15) is 24.1 Å². The van der Waals surface area contributed by atoms with Crippen LogP contribution in [0, 0.1) is 5.92 Å². The van der Waals surface area contributed by atoms with Crippen molar-refractivity contribution in [3.8, 4) is 0 Å². The second-order valence-electron chi connectivity index (χ2n) is 6.91. The summed E-state index contributed by atoms with van der Waals surface area (Å²) in [6.45, 7) is 5.96. The molecule has 2 aliphatic rings. The molecule has 1 aromatic rings. The Kier molecular flexibility index (Phi) is 7.76. The third-order valence-electron chi connectivity index (χ3n) is 4.97. The zero-order valence-electron chi connectivity index (χ0n) is 13.9. The summed E-state index contributed by atoms with van der Waals surface area (Å²) in [5.41, 5.74) is 0. The van der Waals surface area contributed by atoms with Crippen molar-refractivity contribution in [1.82, 2.24) is 15.1 Å². The van der Waals surface area contributed by atoms with Crippen molar-refractivity contribution in [2.75, 3.05) is 39.8 Å². The molecule has 6 heteroatoms. The average molecular weight is 362 g/mol. The van der Waals surface area contributed by atoms with Gasteiger partial charge in [-0.15, -0.1) is 23.7 Å². The smallest absolute Gasteiger partial charge is 0.114 e. The van der Waals surface area contributed by atoms with Crippen LogP contribution in [0.3, 0.4) is 0 Å². The summed E-state index contributed by atoms with van der Waals surface area (Å²) in [4.78, 5) is 6.12. The minimum atomic E-state index is -0.655. The van der Waals surface area contributed by atoms with E-state index >= 15 is 0 Å². The molecule has 0 radical (unpaired) electrons. The third-order valence-corrected chi connectivity index (χ3v) is 5.83. The summed E-state index contributed by atoms with van der Waals surface area (Å²) in [6, 6.07) is 4.61. The predicted molar refractivity (Wildman–Crippen MR) is 98.4 cm³/mol. The number of rotatable bonds is 6. The Balaban J connectivity index is 0.00000192. The zero-order chi connectivity index (χ0) is 15.4. The Bertz CT molecular complexity index is 439. The molecule has 0 unspecified atom stereocenters. The topological polar surface area (TPSA) is 18.5 Å². The molecule has 132 valence electrons. The van der Waals surface area contributed by atoms with Crippen molar-refractivity contribution < 1.29 is 4.39 Å². The summed E-state index contributed by atoms with van der Waals surface area (Å²) in [5, 5.41) is 5.53. The molecule has 2 saturated heterocycles. The molecule has 3 heterocycles. The number of thiophene rings is 1. The molecule has 3 nitrogen and oxygen atoms in total. The van der Waals surface area contributed by atoms with Gasteiger partial charge in [-0.2, -0.15) is 0 Å². The molecule has 2 atom stereocenters. The van der Waals surface area contributed by atoms with E-state index in [1.807, 2.05) is 0 Å². The van der Waals surface area contributed by atoms with Crippen molar-refractivity contribution in [2.24, 2.45) is 5.92 Å². The summed E-state index contributed by atoms with van der Waals surface area (Å²) in [6.07, 6.45) is 2.60. The van der Waals surface area contributed by atoms with Gasteiger partial charge in [-0.1, -0.05) is 6.07 Å². The number of likely N-dealkylation sites (N-methyl/N-ethyl adjacent to an activating group) is 1. The number of nitrogens with zero attached hydrogens (tertiary/aromatic N) is 2. The van der Waals surface area contributed by atoms with Crippen molar-refractivity contribution in [2.45, 2.75) is 38.0 Å². The van der Waals surface area contributed by atoms with Gasteiger partial charge in [-0.3, -0.25) is 4.90 Å². The van der Waals surface area contributed by atoms with Gasteiger partial charge in [0.2, 0.25) is 0 Å². The van der Waals surface area contributed by atoms with E-state index in [9.17, 15) is 4.39 Å². The van der Waals surface area contributed by atoms with E-state index in [4.69, 9.17) is 0 Å². The number of likely N-dealkylation sites (tertiary alicyclic amines) is 1. The van der Waals surface area contributed by atoms with Gasteiger partial charge in [-0.25, -0.2) is 4.39 Å². The van der Waals surface area contributed by atoms with Gasteiger partial charge in [0.1, 0.15) is 6.17 Å². The first-order valence-corrected chi connectivity index (χ1v) is 9.38. The fraction of sp³-hybridized carbons (Fsp3) is 0.765. The molecule has 0 aromatic carbocycles. The number of nitrogens with one attached hydrogen (secondary N) is 1. The predicted octanol–water partition coefficient (Wildman–Crippen LogP) is 3.01. The van der Waals surface area contributed by atoms with Gasteiger partial charge < -0.3 is 10.2 Å². The van der Waals surface area contributed by atoms with Crippen molar-refractivity contribution in [3.63, 3.8) is 0 Å². The van der Waals surface area contributed by atoms with Crippen LogP contribution in [0.15, 0.2) is 17.5 Å². The molecule has 0 spiro atoms. The Morgan fingerprint density at radius 3 is 2.83 bits per heavy atom. The molecule has 0 amide bonds. The lowest BCUT2D eigenvalue weighted by Crippen LogP contribution is -2.41. The van der Waals surface area contributed by atoms with Crippen molar-refractivity contribution >= 4 is 23.7 Å². The Morgan fingerprint density at radius 1 is 1.35 bits per heavy atom. The van der Waals surface area contributed by atoms with E-state index in [-0.39, 0.29) is 12.4 Å². The van der Waals surface area contributed by atoms with E-state index in [0.29, 0.717) is 19.0 Å². The Labute approximate surface area is 149 Å². The van der Waals surface area contributed by atoms with E-state index in [1.165, 1.54) is 17.7 Å². The van der Waals surface area contributed by atoms with Crippen LogP contribution in [0.4, 0.5) is 4.39 Å². The van der Waals surface area contributed by atoms with Crippen molar-refractivity contribution in [1.29, 1.82) is 0 Å². The lowest BCUT2D eigenvalue weighted by Gasteiger charge is -2.31. The summed E-state index contributed by atoms with van der Waals surface area (Å²) in [5.74, 6) is 0.805. The normalized spacial score (nSPS) is 26.6. The highest BCUT2D eigenvalue weighted by Crippen LogP contribution is 2.25. The molecule has 2 fully saturated rings. The molecule has 3 rings (SSSR count). The third kappa shape index (κ3) is 5.68. The molecular formula is C17H29ClFN3S. The largest absolute Gasteiger partial charge is 0.317 e. The highest BCUT2D eigenvalue weighted by molar-refractivity contribution is 7.09. The molecule has 2 aliphatic heterocycles. The Hall–Kier alpha value is -0.200. The van der Waals surface area contributed by atoms with E-state index in [0.717, 1.165) is 38.6 Å². The van der Waals surface area contributed by atoms with Gasteiger partial charge in [0.15, 0.2) is 0 Å². The molecule has 0 aliphatic carbocycles. The highest BCUT2D eigenvalue weighted by Gasteiger charge is 2.33. The molecule has 0 saturated carbocycles. The van der Waals surface area contributed by atoms with Crippen molar-refractivity contribution in [3.05, 3.63) is 22.4 Å². The molecule has 1 aromatic heterocycles. The van der Waals surface area contributed by atoms with E-state index in [2.05, 4.69) is 39.7 Å². The zero-order valence-corrected chi connectivity index (χ0v) is 15.5. The Morgan fingerprint density at radius 2 is 2.13 bits per heavy atom. The van der Waals surface area contributed by atoms with Gasteiger partial charge in [0.25, 0.3) is 0 Å². The van der Waals surface area contributed by atoms with Crippen LogP contribution in [-0.2, 0) is 6.54 Å². The minimum absolute atomic E-state index is 0. The van der Waals surface area contributed by atoms with Gasteiger partial charge in [0.05, 0.1) is 0 Å². The second-order valence-corrected chi connectivity index (χ2v) is 7.94. The average Bonchev–Trinajstić information content (AvgIpc) is 3.11. The maximum absolute atomic E-state index is 13.9. The monoisotopic (exact) mass is 361 g/mol. The molecular weight excluding hydrogens is 333 g/mol. The van der Waals surface area contributed by atoms with E-state index in [1.54, 1.807) is 11.3 Å². The van der Waals surface area contributed by atoms with Gasteiger partial charge >= 0.3 is 0 Å². The van der Waals surface area contributed by atoms with Crippen LogP contribution in [0.25, 0.3) is 0 Å². The fourth-order valence-corrected chi connectivity index (χ4v) is 4.58. The minimum Gasteiger partial charge on any atom is -0.317 e. The lowest BCUT2D eigenvalue weighted by molar-refractivity contribution is 0.164. The summed E-state index contributed by atoms with van der Waals surface area (Å²) >= 11 is 1.78. The number of hydrogen-bond donors (Lipinski definition) is 1. The van der Waals surface area contributed by atoms with Gasteiger partial charge in [-0.05, 0) is 56.8 Å². The summed E-state index contributed by atoms with van der Waals surface area (Å²) in [7, 11) is 2.21. The fourth-order valence-electron chi connectivity index (χ4n) is 3.85. The number of hydrogen-bond acceptors (Lipinski definition) is 4. The molecule has 1 N–H and O–H groups in total. The summed E-state index contributed by atoms with van der Waals surface area (Å²) < 4.78 is 13.9. The SMILES string of the molecule is CN(CC1CCNCC1)C[C@@H]1C[C@H](F)CN1Cc1cccs1.Cl. The molecule has 0 bridgehead atoms. The first kappa shape index (κ1) is 19.1. The van der Waals surface area contributed by atoms with E-state index < -0.39 is 6.17 Å². The maximum Gasteiger partial charge on any atom is 0.114 e. The second kappa shape index (κ2) is 9.33. The van der Waals surface area contributed by atoms with Crippen LogP contribution < -0.4 is 5.32 Å². The number of piperidine rings is 1. The van der Waals surface area contributed by atoms with Crippen LogP contribution in [0.2, 0.25) is 0 Å².